The van der Waals surface area contributed by atoms with Crippen molar-refractivity contribution in [3.63, 3.8) is 0 Å². The summed E-state index contributed by atoms with van der Waals surface area (Å²) in [5, 5.41) is 0.795. The number of piperidine rings is 1. The fourth-order valence-electron chi connectivity index (χ4n) is 3.64. The van der Waals surface area contributed by atoms with Crippen molar-refractivity contribution in [2.75, 3.05) is 31.1 Å². The molecule has 0 radical (unpaired) electrons. The van der Waals surface area contributed by atoms with E-state index in [9.17, 15) is 0 Å². The van der Waals surface area contributed by atoms with Crippen LogP contribution >= 0.6 is 11.6 Å². The fourth-order valence-corrected chi connectivity index (χ4v) is 3.99. The number of nitrogens with two attached hydrogens (primary N) is 1. The first-order valence-corrected chi connectivity index (χ1v) is 8.57. The molecule has 3 rings (SSSR count). The summed E-state index contributed by atoms with van der Waals surface area (Å²) >= 11 is 6.37. The van der Waals surface area contributed by atoms with Gasteiger partial charge in [0, 0.05) is 35.9 Å². The largest absolute Gasteiger partial charge is 0.370 e. The predicted molar refractivity (Wildman–Crippen MR) is 90.1 cm³/mol. The van der Waals surface area contributed by atoms with E-state index < -0.39 is 0 Å². The summed E-state index contributed by atoms with van der Waals surface area (Å²) in [6.45, 7) is 6.80. The second-order valence-corrected chi connectivity index (χ2v) is 6.89. The Morgan fingerprint density at radius 2 is 1.95 bits per heavy atom. The lowest BCUT2D eigenvalue weighted by molar-refractivity contribution is 0.175. The van der Waals surface area contributed by atoms with Crippen LogP contribution in [0.1, 0.15) is 44.2 Å². The molecule has 0 aliphatic carbocycles. The van der Waals surface area contributed by atoms with Crippen molar-refractivity contribution >= 4 is 17.3 Å². The maximum Gasteiger partial charge on any atom is 0.0474 e. The van der Waals surface area contributed by atoms with Crippen LogP contribution in [0.4, 0.5) is 5.69 Å². The predicted octanol–water partition coefficient (Wildman–Crippen LogP) is 3.42. The Balaban J connectivity index is 1.67. The molecule has 2 saturated heterocycles. The average molecular weight is 308 g/mol. The Bertz CT molecular complexity index is 483. The average Bonchev–Trinajstić information content (AvgIpc) is 2.97. The second kappa shape index (κ2) is 6.55. The van der Waals surface area contributed by atoms with E-state index in [0.717, 1.165) is 29.7 Å². The molecule has 2 atom stereocenters. The highest BCUT2D eigenvalue weighted by atomic mass is 35.5. The molecule has 0 bridgehead atoms. The smallest absolute Gasteiger partial charge is 0.0474 e. The van der Waals surface area contributed by atoms with Crippen LogP contribution in [0.5, 0.6) is 0 Å². The third-order valence-corrected chi connectivity index (χ3v) is 5.24. The molecule has 2 fully saturated rings. The van der Waals surface area contributed by atoms with E-state index >= 15 is 0 Å². The van der Waals surface area contributed by atoms with Gasteiger partial charge < -0.3 is 10.6 Å². The van der Waals surface area contributed by atoms with Gasteiger partial charge in [-0.25, -0.2) is 0 Å². The summed E-state index contributed by atoms with van der Waals surface area (Å²) in [7, 11) is 0. The zero-order valence-electron chi connectivity index (χ0n) is 12.9. The van der Waals surface area contributed by atoms with Crippen molar-refractivity contribution in [1.29, 1.82) is 0 Å². The topological polar surface area (TPSA) is 32.5 Å². The molecule has 3 nitrogen and oxygen atoms in total. The second-order valence-electron chi connectivity index (χ2n) is 6.48. The van der Waals surface area contributed by atoms with Gasteiger partial charge in [0.15, 0.2) is 0 Å². The minimum absolute atomic E-state index is 0.00812. The Labute approximate surface area is 133 Å². The van der Waals surface area contributed by atoms with Crippen LogP contribution in [0.3, 0.4) is 0 Å². The van der Waals surface area contributed by atoms with Gasteiger partial charge in [0.1, 0.15) is 0 Å². The molecule has 1 aromatic rings. The molecule has 0 amide bonds. The Morgan fingerprint density at radius 3 is 2.62 bits per heavy atom. The summed E-state index contributed by atoms with van der Waals surface area (Å²) in [5.41, 5.74) is 8.21. The molecule has 0 saturated carbocycles. The number of rotatable bonds is 3. The summed E-state index contributed by atoms with van der Waals surface area (Å²) in [6, 6.07) is 7.04. The number of halogens is 1. The van der Waals surface area contributed by atoms with Gasteiger partial charge in [0.2, 0.25) is 0 Å². The van der Waals surface area contributed by atoms with Gasteiger partial charge in [0.05, 0.1) is 0 Å². The Morgan fingerprint density at radius 1 is 1.19 bits per heavy atom. The molecular formula is C17H26ClN3. The van der Waals surface area contributed by atoms with Crippen LogP contribution < -0.4 is 10.6 Å². The highest BCUT2D eigenvalue weighted by Crippen LogP contribution is 2.30. The monoisotopic (exact) mass is 307 g/mol. The minimum atomic E-state index is -0.00812. The standard InChI is InChI=1S/C17H26ClN3/c1-13(19)16-6-5-14(11-17(16)18)21-10-7-15(12-21)20-8-3-2-4-9-20/h5-6,11,13,15H,2-4,7-10,12,19H2,1H3. The molecule has 116 valence electrons. The molecule has 0 aromatic heterocycles. The van der Waals surface area contributed by atoms with Gasteiger partial charge in [-0.15, -0.1) is 0 Å². The van der Waals surface area contributed by atoms with E-state index in [4.69, 9.17) is 17.3 Å². The maximum atomic E-state index is 6.37. The van der Waals surface area contributed by atoms with Crippen LogP contribution in [-0.2, 0) is 0 Å². The molecule has 2 unspecified atom stereocenters. The molecule has 4 heteroatoms. The van der Waals surface area contributed by atoms with Gasteiger partial charge in [-0.2, -0.15) is 0 Å². The molecule has 0 spiro atoms. The number of hydrogen-bond acceptors (Lipinski definition) is 3. The SMILES string of the molecule is CC(N)c1ccc(N2CCC(N3CCCCC3)C2)cc1Cl. The highest BCUT2D eigenvalue weighted by molar-refractivity contribution is 6.31. The summed E-state index contributed by atoms with van der Waals surface area (Å²) in [5.74, 6) is 0. The van der Waals surface area contributed by atoms with Gasteiger partial charge in [0.25, 0.3) is 0 Å². The normalized spacial score (nSPS) is 25.3. The lowest BCUT2D eigenvalue weighted by atomic mass is 10.1. The summed E-state index contributed by atoms with van der Waals surface area (Å²) < 4.78 is 0. The van der Waals surface area contributed by atoms with Crippen LogP contribution in [0.15, 0.2) is 18.2 Å². The van der Waals surface area contributed by atoms with Gasteiger partial charge in [-0.1, -0.05) is 24.1 Å². The van der Waals surface area contributed by atoms with Crippen molar-refractivity contribution in [2.45, 2.75) is 44.7 Å². The van der Waals surface area contributed by atoms with Crippen molar-refractivity contribution in [3.8, 4) is 0 Å². The number of benzene rings is 1. The molecule has 21 heavy (non-hydrogen) atoms. The molecule has 2 heterocycles. The zero-order valence-corrected chi connectivity index (χ0v) is 13.6. The van der Waals surface area contributed by atoms with Crippen LogP contribution in [0.2, 0.25) is 5.02 Å². The number of likely N-dealkylation sites (tertiary alicyclic amines) is 1. The van der Waals surface area contributed by atoms with Crippen LogP contribution in [0, 0.1) is 0 Å². The summed E-state index contributed by atoms with van der Waals surface area (Å²) in [6.07, 6.45) is 5.41. The number of anilines is 1. The first-order valence-electron chi connectivity index (χ1n) is 8.19. The lowest BCUT2D eigenvalue weighted by Gasteiger charge is -2.32. The van der Waals surface area contributed by atoms with Gasteiger partial charge >= 0.3 is 0 Å². The Kier molecular flexibility index (Phi) is 4.72. The van der Waals surface area contributed by atoms with E-state index in [0.29, 0.717) is 0 Å². The van der Waals surface area contributed by atoms with Crippen molar-refractivity contribution in [2.24, 2.45) is 5.73 Å². The molecule has 1 aromatic carbocycles. The highest BCUT2D eigenvalue weighted by Gasteiger charge is 2.28. The molecule has 2 aliphatic heterocycles. The van der Waals surface area contributed by atoms with Crippen molar-refractivity contribution < 1.29 is 0 Å². The van der Waals surface area contributed by atoms with E-state index in [1.165, 1.54) is 44.5 Å². The first kappa shape index (κ1) is 15.1. The molecule has 2 aliphatic rings. The third-order valence-electron chi connectivity index (χ3n) is 4.91. The minimum Gasteiger partial charge on any atom is -0.370 e. The van der Waals surface area contributed by atoms with Gasteiger partial charge in [-0.3, -0.25) is 4.90 Å². The van der Waals surface area contributed by atoms with E-state index in [1.807, 2.05) is 6.92 Å². The van der Waals surface area contributed by atoms with E-state index in [2.05, 4.69) is 28.0 Å². The number of nitrogens with zero attached hydrogens (tertiary/aromatic N) is 2. The third kappa shape index (κ3) is 3.36. The fraction of sp³-hybridized carbons (Fsp3) is 0.647. The molecular weight excluding hydrogens is 282 g/mol. The van der Waals surface area contributed by atoms with Gasteiger partial charge in [-0.05, 0) is 57.0 Å². The quantitative estimate of drug-likeness (QED) is 0.928. The Hall–Kier alpha value is -0.770. The lowest BCUT2D eigenvalue weighted by Crippen LogP contribution is -2.40. The first-order chi connectivity index (χ1) is 10.1. The van der Waals surface area contributed by atoms with Crippen molar-refractivity contribution in [3.05, 3.63) is 28.8 Å². The zero-order chi connectivity index (χ0) is 14.8. The van der Waals surface area contributed by atoms with Crippen LogP contribution in [-0.4, -0.2) is 37.1 Å². The van der Waals surface area contributed by atoms with Crippen LogP contribution in [0.25, 0.3) is 0 Å². The number of hydrogen-bond donors (Lipinski definition) is 1. The van der Waals surface area contributed by atoms with E-state index in [-0.39, 0.29) is 6.04 Å². The van der Waals surface area contributed by atoms with E-state index in [1.54, 1.807) is 0 Å². The molecule has 2 N–H and O–H groups in total. The maximum absolute atomic E-state index is 6.37. The summed E-state index contributed by atoms with van der Waals surface area (Å²) in [4.78, 5) is 5.15. The van der Waals surface area contributed by atoms with Crippen molar-refractivity contribution in [1.82, 2.24) is 4.90 Å².